The molecule has 2 rings (SSSR count). The van der Waals surface area contributed by atoms with Gasteiger partial charge < -0.3 is 4.90 Å². The van der Waals surface area contributed by atoms with Crippen molar-refractivity contribution in [2.45, 2.75) is 19.4 Å². The van der Waals surface area contributed by atoms with E-state index in [0.29, 0.717) is 0 Å². The zero-order valence-electron chi connectivity index (χ0n) is 10.9. The van der Waals surface area contributed by atoms with E-state index in [1.165, 1.54) is 4.90 Å². The predicted molar refractivity (Wildman–Crippen MR) is 77.4 cm³/mol. The lowest BCUT2D eigenvalue weighted by Crippen LogP contribution is -2.65. The van der Waals surface area contributed by atoms with Gasteiger partial charge in [0.2, 0.25) is 5.91 Å². The van der Waals surface area contributed by atoms with Gasteiger partial charge in [-0.15, -0.1) is 0 Å². The predicted octanol–water partition coefficient (Wildman–Crippen LogP) is 1.98. The van der Waals surface area contributed by atoms with Gasteiger partial charge >= 0.3 is 0 Å². The number of imide groups is 1. The number of halogens is 2. The number of carbonyl (C=O) groups is 3. The highest BCUT2D eigenvalue weighted by Gasteiger charge is 2.44. The maximum absolute atomic E-state index is 12.5. The highest BCUT2D eigenvalue weighted by molar-refractivity contribution is 9.10. The Bertz CT molecular complexity index is 616. The number of nitrogens with zero attached hydrogens (tertiary/aromatic N) is 1. The summed E-state index contributed by atoms with van der Waals surface area (Å²) < 4.78 is 0.741. The fraction of sp³-hybridized carbons (Fsp3) is 0.308. The van der Waals surface area contributed by atoms with Crippen molar-refractivity contribution in [2.24, 2.45) is 0 Å². The Morgan fingerprint density at radius 3 is 2.65 bits per heavy atom. The first kappa shape index (κ1) is 15.0. The lowest BCUT2D eigenvalue weighted by Gasteiger charge is -2.40. The Labute approximate surface area is 129 Å². The number of piperazine rings is 1. The molecule has 7 heteroatoms. The molecule has 5 nitrogen and oxygen atoms in total. The van der Waals surface area contributed by atoms with Crippen LogP contribution in [0.2, 0.25) is 5.02 Å². The minimum atomic E-state index is -1.11. The smallest absolute Gasteiger partial charge is 0.256 e. The second kappa shape index (κ2) is 5.18. The van der Waals surface area contributed by atoms with E-state index in [2.05, 4.69) is 21.2 Å². The monoisotopic (exact) mass is 358 g/mol. The molecule has 0 spiro atoms. The number of amides is 3. The molecule has 1 aromatic rings. The molecule has 1 N–H and O–H groups in total. The number of carbonyl (C=O) groups excluding carboxylic acids is 3. The first-order valence-electron chi connectivity index (χ1n) is 5.85. The SMILES string of the molecule is CC1(C)C(=O)NC(=O)CN1C(=O)c1ccc(Br)cc1Cl. The Balaban J connectivity index is 2.40. The highest BCUT2D eigenvalue weighted by Crippen LogP contribution is 2.26. The van der Waals surface area contributed by atoms with Crippen molar-refractivity contribution < 1.29 is 14.4 Å². The van der Waals surface area contributed by atoms with Gasteiger partial charge in [-0.25, -0.2) is 0 Å². The van der Waals surface area contributed by atoms with E-state index in [9.17, 15) is 14.4 Å². The van der Waals surface area contributed by atoms with Gasteiger partial charge in [0.05, 0.1) is 10.6 Å². The van der Waals surface area contributed by atoms with Crippen molar-refractivity contribution in [3.63, 3.8) is 0 Å². The maximum atomic E-state index is 12.5. The van der Waals surface area contributed by atoms with Gasteiger partial charge in [0, 0.05) is 4.47 Å². The highest BCUT2D eigenvalue weighted by atomic mass is 79.9. The van der Waals surface area contributed by atoms with Gasteiger partial charge in [0.1, 0.15) is 12.1 Å². The van der Waals surface area contributed by atoms with Crippen molar-refractivity contribution in [3.8, 4) is 0 Å². The average molecular weight is 360 g/mol. The number of hydrogen-bond donors (Lipinski definition) is 1. The molecule has 1 aliphatic rings. The van der Waals surface area contributed by atoms with Crippen LogP contribution < -0.4 is 5.32 Å². The van der Waals surface area contributed by atoms with E-state index in [1.54, 1.807) is 32.0 Å². The maximum Gasteiger partial charge on any atom is 0.256 e. The van der Waals surface area contributed by atoms with Crippen molar-refractivity contribution in [2.75, 3.05) is 6.54 Å². The largest absolute Gasteiger partial charge is 0.315 e. The van der Waals surface area contributed by atoms with Crippen molar-refractivity contribution in [3.05, 3.63) is 33.3 Å². The normalized spacial score (nSPS) is 17.9. The molecule has 1 aliphatic heterocycles. The molecule has 0 unspecified atom stereocenters. The van der Waals surface area contributed by atoms with E-state index < -0.39 is 23.3 Å². The Morgan fingerprint density at radius 2 is 2.05 bits per heavy atom. The van der Waals surface area contributed by atoms with Crippen LogP contribution in [0.5, 0.6) is 0 Å². The summed E-state index contributed by atoms with van der Waals surface area (Å²) in [5.74, 6) is -1.46. The number of hydrogen-bond acceptors (Lipinski definition) is 3. The first-order chi connectivity index (χ1) is 9.23. The molecule has 20 heavy (non-hydrogen) atoms. The minimum absolute atomic E-state index is 0.177. The van der Waals surface area contributed by atoms with Gasteiger partial charge in [-0.1, -0.05) is 27.5 Å². The van der Waals surface area contributed by atoms with Crippen LogP contribution >= 0.6 is 27.5 Å². The zero-order chi connectivity index (χ0) is 15.1. The molecular weight excluding hydrogens is 348 g/mol. The Kier molecular flexibility index (Phi) is 3.88. The van der Waals surface area contributed by atoms with Gasteiger partial charge in [-0.2, -0.15) is 0 Å². The molecule has 0 aromatic heterocycles. The molecule has 0 atom stereocenters. The number of nitrogens with one attached hydrogen (secondary N) is 1. The molecule has 0 saturated carbocycles. The summed E-state index contributed by atoms with van der Waals surface area (Å²) in [7, 11) is 0. The molecular formula is C13H12BrClN2O3. The van der Waals surface area contributed by atoms with E-state index in [4.69, 9.17) is 11.6 Å². The van der Waals surface area contributed by atoms with Crippen LogP contribution in [0.15, 0.2) is 22.7 Å². The quantitative estimate of drug-likeness (QED) is 0.780. The molecule has 1 fully saturated rings. The van der Waals surface area contributed by atoms with Crippen LogP contribution in [0.25, 0.3) is 0 Å². The summed E-state index contributed by atoms with van der Waals surface area (Å²) in [6.07, 6.45) is 0. The van der Waals surface area contributed by atoms with Gasteiger partial charge in [-0.05, 0) is 32.0 Å². The lowest BCUT2D eigenvalue weighted by atomic mass is 9.97. The summed E-state index contributed by atoms with van der Waals surface area (Å²) in [4.78, 5) is 37.1. The Hall–Kier alpha value is -1.40. The summed E-state index contributed by atoms with van der Waals surface area (Å²) in [6, 6.07) is 4.83. The molecule has 1 aromatic carbocycles. The molecule has 3 amide bonds. The van der Waals surface area contributed by atoms with Crippen LogP contribution in [-0.4, -0.2) is 34.7 Å². The third kappa shape index (κ3) is 2.58. The number of benzene rings is 1. The number of rotatable bonds is 1. The fourth-order valence-corrected chi connectivity index (χ4v) is 2.67. The van der Waals surface area contributed by atoms with E-state index in [1.807, 2.05) is 0 Å². The van der Waals surface area contributed by atoms with Gasteiger partial charge in [0.15, 0.2) is 0 Å². The summed E-state index contributed by atoms with van der Waals surface area (Å²) >= 11 is 9.30. The molecule has 0 aliphatic carbocycles. The second-order valence-electron chi connectivity index (χ2n) is 4.95. The van der Waals surface area contributed by atoms with Crippen molar-refractivity contribution in [1.29, 1.82) is 0 Å². The van der Waals surface area contributed by atoms with Crippen molar-refractivity contribution >= 4 is 45.3 Å². The van der Waals surface area contributed by atoms with E-state index in [0.717, 1.165) is 4.47 Å². The molecule has 1 saturated heterocycles. The summed E-state index contributed by atoms with van der Waals surface area (Å²) in [5.41, 5.74) is -0.855. The van der Waals surface area contributed by atoms with Gasteiger partial charge in [-0.3, -0.25) is 19.7 Å². The van der Waals surface area contributed by atoms with Crippen LogP contribution in [0.3, 0.4) is 0 Å². The standard InChI is InChI=1S/C13H12BrClN2O3/c1-13(2)12(20)16-10(18)6-17(13)11(19)8-4-3-7(14)5-9(8)15/h3-5H,6H2,1-2H3,(H,16,18,20). The van der Waals surface area contributed by atoms with Gasteiger partial charge in [0.25, 0.3) is 11.8 Å². The van der Waals surface area contributed by atoms with E-state index in [-0.39, 0.29) is 17.1 Å². The van der Waals surface area contributed by atoms with Crippen LogP contribution in [0.4, 0.5) is 0 Å². The van der Waals surface area contributed by atoms with E-state index >= 15 is 0 Å². The topological polar surface area (TPSA) is 66.5 Å². The average Bonchev–Trinajstić information content (AvgIpc) is 2.33. The minimum Gasteiger partial charge on any atom is -0.315 e. The summed E-state index contributed by atoms with van der Waals surface area (Å²) in [6.45, 7) is 2.99. The zero-order valence-corrected chi connectivity index (χ0v) is 13.2. The third-order valence-electron chi connectivity index (χ3n) is 3.19. The van der Waals surface area contributed by atoms with Crippen LogP contribution in [0.1, 0.15) is 24.2 Å². The molecule has 1 heterocycles. The van der Waals surface area contributed by atoms with Crippen molar-refractivity contribution in [1.82, 2.24) is 10.2 Å². The molecule has 0 bridgehead atoms. The van der Waals surface area contributed by atoms with Crippen LogP contribution in [0, 0.1) is 0 Å². The molecule has 106 valence electrons. The first-order valence-corrected chi connectivity index (χ1v) is 7.02. The second-order valence-corrected chi connectivity index (χ2v) is 6.27. The molecule has 0 radical (unpaired) electrons. The lowest BCUT2D eigenvalue weighted by molar-refractivity contribution is -0.143. The Morgan fingerprint density at radius 1 is 1.40 bits per heavy atom. The third-order valence-corrected chi connectivity index (χ3v) is 4.00. The fourth-order valence-electron chi connectivity index (χ4n) is 1.92. The summed E-state index contributed by atoms with van der Waals surface area (Å²) in [5, 5.41) is 2.48. The van der Waals surface area contributed by atoms with Crippen LogP contribution in [-0.2, 0) is 9.59 Å².